The van der Waals surface area contributed by atoms with Gasteiger partial charge in [-0.1, -0.05) is 0 Å². The molecule has 5 heteroatoms. The highest BCUT2D eigenvalue weighted by Gasteiger charge is 2.40. The Labute approximate surface area is 88.5 Å². The molecule has 1 aliphatic heterocycles. The number of hydrogen-bond donors (Lipinski definition) is 1. The summed E-state index contributed by atoms with van der Waals surface area (Å²) in [6.45, 7) is 1.21. The zero-order chi connectivity index (χ0) is 10.8. The van der Waals surface area contributed by atoms with Gasteiger partial charge < -0.3 is 15.4 Å². The van der Waals surface area contributed by atoms with Crippen molar-refractivity contribution in [1.82, 2.24) is 4.90 Å². The van der Waals surface area contributed by atoms with Gasteiger partial charge in [0.1, 0.15) is 6.61 Å². The lowest BCUT2D eigenvalue weighted by molar-refractivity contribution is -0.143. The average molecular weight is 212 g/mol. The Kier molecular flexibility index (Phi) is 2.90. The third-order valence-electron chi connectivity index (χ3n) is 2.91. The highest BCUT2D eigenvalue weighted by molar-refractivity contribution is 5.82. The minimum absolute atomic E-state index is 0.0536. The largest absolute Gasteiger partial charge is 0.370 e. The van der Waals surface area contributed by atoms with Crippen LogP contribution < -0.4 is 5.73 Å². The number of carbonyl (C=O) groups excluding carboxylic acids is 2. The van der Waals surface area contributed by atoms with Crippen molar-refractivity contribution < 1.29 is 14.3 Å². The van der Waals surface area contributed by atoms with Crippen LogP contribution in [0, 0.1) is 5.92 Å². The number of hydrogen-bond acceptors (Lipinski definition) is 3. The molecule has 15 heavy (non-hydrogen) atoms. The Morgan fingerprint density at radius 3 is 2.53 bits per heavy atom. The first-order chi connectivity index (χ1) is 7.18. The summed E-state index contributed by atoms with van der Waals surface area (Å²) < 4.78 is 5.11. The summed E-state index contributed by atoms with van der Waals surface area (Å²) in [5, 5.41) is 0. The van der Waals surface area contributed by atoms with Crippen molar-refractivity contribution in [1.29, 1.82) is 0 Å². The second-order valence-corrected chi connectivity index (χ2v) is 4.23. The van der Waals surface area contributed by atoms with E-state index in [0.717, 1.165) is 25.8 Å². The summed E-state index contributed by atoms with van der Waals surface area (Å²) in [7, 11) is 0. The molecule has 2 aliphatic rings. The molecule has 2 fully saturated rings. The molecule has 0 spiro atoms. The highest BCUT2D eigenvalue weighted by atomic mass is 16.5. The lowest BCUT2D eigenvalue weighted by Crippen LogP contribution is -2.54. The van der Waals surface area contributed by atoms with E-state index in [0.29, 0.717) is 6.61 Å². The molecule has 0 radical (unpaired) electrons. The molecule has 1 atom stereocenters. The summed E-state index contributed by atoms with van der Waals surface area (Å²) in [6, 6.07) is 0.164. The van der Waals surface area contributed by atoms with Crippen LogP contribution in [0.2, 0.25) is 0 Å². The fourth-order valence-electron chi connectivity index (χ4n) is 1.76. The Bertz CT molecular complexity index is 276. The molecule has 1 saturated heterocycles. The van der Waals surface area contributed by atoms with E-state index >= 15 is 0 Å². The van der Waals surface area contributed by atoms with Crippen LogP contribution in [0.5, 0.6) is 0 Å². The molecule has 0 bridgehead atoms. The number of amides is 2. The van der Waals surface area contributed by atoms with Gasteiger partial charge in [-0.2, -0.15) is 0 Å². The standard InChI is InChI=1S/C10H16N2O3/c11-9(13)6-15-5-8-3-4-12(8)10(14)7-1-2-7/h7-8H,1-6H2,(H2,11,13). The zero-order valence-electron chi connectivity index (χ0n) is 8.65. The van der Waals surface area contributed by atoms with Gasteiger partial charge in [0.25, 0.3) is 0 Å². The molecule has 1 unspecified atom stereocenters. The van der Waals surface area contributed by atoms with E-state index < -0.39 is 5.91 Å². The van der Waals surface area contributed by atoms with Crippen molar-refractivity contribution in [2.24, 2.45) is 11.7 Å². The van der Waals surface area contributed by atoms with Gasteiger partial charge >= 0.3 is 0 Å². The van der Waals surface area contributed by atoms with Crippen molar-refractivity contribution in [3.05, 3.63) is 0 Å². The SMILES string of the molecule is NC(=O)COCC1CCN1C(=O)C1CC1. The molecule has 84 valence electrons. The molecule has 1 aliphatic carbocycles. The predicted molar refractivity (Wildman–Crippen MR) is 52.9 cm³/mol. The van der Waals surface area contributed by atoms with Crippen LogP contribution in [-0.2, 0) is 14.3 Å². The first-order valence-corrected chi connectivity index (χ1v) is 5.35. The number of ether oxygens (including phenoxy) is 1. The Balaban J connectivity index is 1.69. The maximum atomic E-state index is 11.7. The van der Waals surface area contributed by atoms with Gasteiger partial charge in [0.2, 0.25) is 11.8 Å². The minimum Gasteiger partial charge on any atom is -0.370 e. The molecular formula is C10H16N2O3. The molecule has 0 aromatic rings. The molecule has 2 rings (SSSR count). The monoisotopic (exact) mass is 212 g/mol. The van der Waals surface area contributed by atoms with Crippen LogP contribution in [0.15, 0.2) is 0 Å². The van der Waals surface area contributed by atoms with E-state index in [1.807, 2.05) is 4.90 Å². The van der Waals surface area contributed by atoms with E-state index in [9.17, 15) is 9.59 Å². The molecule has 1 heterocycles. The van der Waals surface area contributed by atoms with Crippen LogP contribution >= 0.6 is 0 Å². The maximum absolute atomic E-state index is 11.7. The van der Waals surface area contributed by atoms with Crippen LogP contribution in [0.4, 0.5) is 0 Å². The quantitative estimate of drug-likeness (QED) is 0.667. The maximum Gasteiger partial charge on any atom is 0.243 e. The van der Waals surface area contributed by atoms with E-state index in [4.69, 9.17) is 10.5 Å². The molecule has 5 nitrogen and oxygen atoms in total. The van der Waals surface area contributed by atoms with E-state index in [-0.39, 0.29) is 24.5 Å². The van der Waals surface area contributed by atoms with Gasteiger partial charge in [-0.3, -0.25) is 9.59 Å². The average Bonchev–Trinajstić information content (AvgIpc) is 2.92. The molecule has 0 aromatic heterocycles. The van der Waals surface area contributed by atoms with Crippen LogP contribution in [0.1, 0.15) is 19.3 Å². The highest BCUT2D eigenvalue weighted by Crippen LogP contribution is 2.34. The lowest BCUT2D eigenvalue weighted by atomic mass is 10.0. The van der Waals surface area contributed by atoms with Gasteiger partial charge in [0.15, 0.2) is 0 Å². The molecule has 2 N–H and O–H groups in total. The van der Waals surface area contributed by atoms with Crippen LogP contribution in [0.3, 0.4) is 0 Å². The van der Waals surface area contributed by atoms with Crippen LogP contribution in [-0.4, -0.2) is 42.5 Å². The van der Waals surface area contributed by atoms with Gasteiger partial charge in [-0.15, -0.1) is 0 Å². The van der Waals surface area contributed by atoms with Crippen molar-refractivity contribution in [3.8, 4) is 0 Å². The number of primary amides is 1. The van der Waals surface area contributed by atoms with Gasteiger partial charge in [-0.05, 0) is 19.3 Å². The minimum atomic E-state index is -0.464. The number of nitrogens with two attached hydrogens (primary N) is 1. The summed E-state index contributed by atoms with van der Waals surface area (Å²) in [4.78, 5) is 24.0. The Hall–Kier alpha value is -1.10. The van der Waals surface area contributed by atoms with E-state index in [1.54, 1.807) is 0 Å². The molecular weight excluding hydrogens is 196 g/mol. The third kappa shape index (κ3) is 2.47. The molecule has 1 saturated carbocycles. The number of rotatable bonds is 5. The first-order valence-electron chi connectivity index (χ1n) is 5.35. The van der Waals surface area contributed by atoms with Crippen LogP contribution in [0.25, 0.3) is 0 Å². The summed E-state index contributed by atoms with van der Waals surface area (Å²) in [5.74, 6) is 0.0623. The molecule has 2 amide bonds. The summed E-state index contributed by atoms with van der Waals surface area (Å²) >= 11 is 0. The fraction of sp³-hybridized carbons (Fsp3) is 0.800. The smallest absolute Gasteiger partial charge is 0.243 e. The predicted octanol–water partition coefficient (Wildman–Crippen LogP) is -0.501. The summed E-state index contributed by atoms with van der Waals surface area (Å²) in [5.41, 5.74) is 4.95. The second-order valence-electron chi connectivity index (χ2n) is 4.23. The number of likely N-dealkylation sites (tertiary alicyclic amines) is 1. The van der Waals surface area contributed by atoms with Gasteiger partial charge in [-0.25, -0.2) is 0 Å². The summed E-state index contributed by atoms with van der Waals surface area (Å²) in [6.07, 6.45) is 3.03. The normalized spacial score (nSPS) is 24.8. The van der Waals surface area contributed by atoms with Crippen molar-refractivity contribution in [3.63, 3.8) is 0 Å². The Morgan fingerprint density at radius 1 is 1.33 bits per heavy atom. The topological polar surface area (TPSA) is 72.6 Å². The van der Waals surface area contributed by atoms with Crippen molar-refractivity contribution in [2.75, 3.05) is 19.8 Å². The zero-order valence-corrected chi connectivity index (χ0v) is 8.65. The van der Waals surface area contributed by atoms with Gasteiger partial charge in [0, 0.05) is 12.5 Å². The molecule has 0 aromatic carbocycles. The lowest BCUT2D eigenvalue weighted by Gasteiger charge is -2.41. The van der Waals surface area contributed by atoms with Gasteiger partial charge in [0.05, 0.1) is 12.6 Å². The Morgan fingerprint density at radius 2 is 2.07 bits per heavy atom. The number of carbonyl (C=O) groups is 2. The van der Waals surface area contributed by atoms with E-state index in [1.165, 1.54) is 0 Å². The number of nitrogens with zero attached hydrogens (tertiary/aromatic N) is 1. The first kappa shape index (κ1) is 10.4. The van der Waals surface area contributed by atoms with Crippen molar-refractivity contribution in [2.45, 2.75) is 25.3 Å². The fourth-order valence-corrected chi connectivity index (χ4v) is 1.76. The van der Waals surface area contributed by atoms with Crippen molar-refractivity contribution >= 4 is 11.8 Å². The van der Waals surface area contributed by atoms with E-state index in [2.05, 4.69) is 0 Å². The second kappa shape index (κ2) is 4.18. The third-order valence-corrected chi connectivity index (χ3v) is 2.91.